The molecule has 0 bridgehead atoms. The van der Waals surface area contributed by atoms with Crippen molar-refractivity contribution in [3.05, 3.63) is 18.3 Å². The fourth-order valence-corrected chi connectivity index (χ4v) is 1.69. The fourth-order valence-electron chi connectivity index (χ4n) is 1.69. The van der Waals surface area contributed by atoms with Gasteiger partial charge in [0.1, 0.15) is 5.82 Å². The molecule has 1 aromatic heterocycles. The minimum atomic E-state index is 0.454. The van der Waals surface area contributed by atoms with Gasteiger partial charge in [-0.1, -0.05) is 0 Å². The maximum atomic E-state index is 5.56. The van der Waals surface area contributed by atoms with Crippen LogP contribution in [-0.2, 0) is 4.74 Å². The Kier molecular flexibility index (Phi) is 3.96. The predicted molar refractivity (Wildman–Crippen MR) is 64.4 cm³/mol. The first-order chi connectivity index (χ1) is 7.84. The van der Waals surface area contributed by atoms with E-state index in [-0.39, 0.29) is 0 Å². The Morgan fingerprint density at radius 3 is 3.19 bits per heavy atom. The van der Waals surface area contributed by atoms with Gasteiger partial charge in [0, 0.05) is 19.1 Å². The number of hydrogen-bond donors (Lipinski definition) is 3. The van der Waals surface area contributed by atoms with Crippen molar-refractivity contribution in [1.29, 1.82) is 0 Å². The quantitative estimate of drug-likeness (QED) is 0.690. The number of aromatic nitrogens is 1. The summed E-state index contributed by atoms with van der Waals surface area (Å²) in [5.41, 5.74) is 6.24. The molecule has 0 amide bonds. The molecule has 0 saturated carbocycles. The van der Waals surface area contributed by atoms with Crippen molar-refractivity contribution in [2.24, 2.45) is 0 Å². The Bertz CT molecular complexity index is 308. The number of anilines is 2. The van der Waals surface area contributed by atoms with E-state index in [9.17, 15) is 0 Å². The zero-order valence-electron chi connectivity index (χ0n) is 9.28. The summed E-state index contributed by atoms with van der Waals surface area (Å²) >= 11 is 0. The average Bonchev–Trinajstić information content (AvgIpc) is 2.33. The number of nitrogen functional groups attached to an aromatic ring is 1. The van der Waals surface area contributed by atoms with Crippen molar-refractivity contribution in [2.75, 3.05) is 37.4 Å². The van der Waals surface area contributed by atoms with Crippen molar-refractivity contribution in [2.45, 2.75) is 12.5 Å². The Balaban J connectivity index is 1.69. The van der Waals surface area contributed by atoms with E-state index in [1.54, 1.807) is 6.20 Å². The van der Waals surface area contributed by atoms with Gasteiger partial charge >= 0.3 is 0 Å². The van der Waals surface area contributed by atoms with Gasteiger partial charge in [-0.15, -0.1) is 0 Å². The summed E-state index contributed by atoms with van der Waals surface area (Å²) in [7, 11) is 0. The number of morpholine rings is 1. The highest BCUT2D eigenvalue weighted by atomic mass is 16.5. The summed E-state index contributed by atoms with van der Waals surface area (Å²) in [5.74, 6) is 0.867. The molecule has 5 heteroatoms. The highest BCUT2D eigenvalue weighted by Crippen LogP contribution is 2.06. The second kappa shape index (κ2) is 5.67. The fraction of sp³-hybridized carbons (Fsp3) is 0.545. The van der Waals surface area contributed by atoms with Crippen LogP contribution in [0, 0.1) is 0 Å². The number of ether oxygens (including phenoxy) is 1. The zero-order valence-corrected chi connectivity index (χ0v) is 9.28. The predicted octanol–water partition coefficient (Wildman–Crippen LogP) is 0.454. The van der Waals surface area contributed by atoms with Gasteiger partial charge < -0.3 is 21.1 Å². The van der Waals surface area contributed by atoms with Gasteiger partial charge in [0.05, 0.1) is 25.1 Å². The average molecular weight is 222 g/mol. The van der Waals surface area contributed by atoms with E-state index in [2.05, 4.69) is 15.6 Å². The van der Waals surface area contributed by atoms with E-state index in [0.29, 0.717) is 11.7 Å². The summed E-state index contributed by atoms with van der Waals surface area (Å²) in [6.45, 7) is 3.46. The first-order valence-corrected chi connectivity index (χ1v) is 5.61. The normalized spacial score (nSPS) is 20.6. The number of nitrogens with zero attached hydrogens (tertiary/aromatic N) is 1. The minimum Gasteiger partial charge on any atom is -0.397 e. The molecular weight excluding hydrogens is 204 g/mol. The Morgan fingerprint density at radius 1 is 1.56 bits per heavy atom. The Morgan fingerprint density at radius 2 is 2.50 bits per heavy atom. The highest BCUT2D eigenvalue weighted by molar-refractivity contribution is 5.43. The van der Waals surface area contributed by atoms with Crippen LogP contribution < -0.4 is 16.4 Å². The molecular formula is C11H18N4O. The molecule has 1 aliphatic heterocycles. The third-order valence-electron chi connectivity index (χ3n) is 2.58. The molecule has 4 N–H and O–H groups in total. The lowest BCUT2D eigenvalue weighted by molar-refractivity contribution is 0.0753. The number of nitrogens with two attached hydrogens (primary N) is 1. The SMILES string of the molecule is Nc1ccc(NCCC2COCCN2)nc1. The number of rotatable bonds is 4. The molecule has 0 spiro atoms. The zero-order chi connectivity index (χ0) is 11.2. The van der Waals surface area contributed by atoms with Gasteiger partial charge in [-0.3, -0.25) is 0 Å². The first kappa shape index (κ1) is 11.2. The standard InChI is InChI=1S/C11H18N4O/c12-9-1-2-11(15-7-9)14-4-3-10-8-16-6-5-13-10/h1-2,7,10,13H,3-6,8,12H2,(H,14,15). The summed E-state index contributed by atoms with van der Waals surface area (Å²) in [6.07, 6.45) is 2.69. The van der Waals surface area contributed by atoms with Crippen molar-refractivity contribution in [3.63, 3.8) is 0 Å². The molecule has 1 saturated heterocycles. The Hall–Kier alpha value is -1.33. The van der Waals surface area contributed by atoms with Crippen LogP contribution in [0.2, 0.25) is 0 Å². The molecule has 0 radical (unpaired) electrons. The van der Waals surface area contributed by atoms with E-state index in [1.807, 2.05) is 12.1 Å². The van der Waals surface area contributed by atoms with Crippen LogP contribution >= 0.6 is 0 Å². The topological polar surface area (TPSA) is 72.2 Å². The molecule has 16 heavy (non-hydrogen) atoms. The van der Waals surface area contributed by atoms with Gasteiger partial charge in [0.15, 0.2) is 0 Å². The third kappa shape index (κ3) is 3.36. The molecule has 2 rings (SSSR count). The van der Waals surface area contributed by atoms with E-state index in [1.165, 1.54) is 0 Å². The Labute approximate surface area is 95.4 Å². The largest absolute Gasteiger partial charge is 0.397 e. The van der Waals surface area contributed by atoms with E-state index < -0.39 is 0 Å². The molecule has 88 valence electrons. The minimum absolute atomic E-state index is 0.454. The first-order valence-electron chi connectivity index (χ1n) is 5.61. The van der Waals surface area contributed by atoms with Gasteiger partial charge in [0.2, 0.25) is 0 Å². The van der Waals surface area contributed by atoms with E-state index in [0.717, 1.165) is 38.5 Å². The molecule has 2 heterocycles. The van der Waals surface area contributed by atoms with Gasteiger partial charge in [0.25, 0.3) is 0 Å². The summed E-state index contributed by atoms with van der Waals surface area (Å²) in [4.78, 5) is 4.17. The van der Waals surface area contributed by atoms with Crippen molar-refractivity contribution >= 4 is 11.5 Å². The molecule has 5 nitrogen and oxygen atoms in total. The molecule has 1 aromatic rings. The lowest BCUT2D eigenvalue weighted by Crippen LogP contribution is -2.42. The van der Waals surface area contributed by atoms with Crippen molar-refractivity contribution < 1.29 is 4.74 Å². The van der Waals surface area contributed by atoms with Crippen molar-refractivity contribution in [3.8, 4) is 0 Å². The second-order valence-corrected chi connectivity index (χ2v) is 3.92. The van der Waals surface area contributed by atoms with Crippen LogP contribution in [0.3, 0.4) is 0 Å². The smallest absolute Gasteiger partial charge is 0.126 e. The highest BCUT2D eigenvalue weighted by Gasteiger charge is 2.11. The number of pyridine rings is 1. The lowest BCUT2D eigenvalue weighted by Gasteiger charge is -2.23. The number of hydrogen-bond acceptors (Lipinski definition) is 5. The monoisotopic (exact) mass is 222 g/mol. The van der Waals surface area contributed by atoms with E-state index in [4.69, 9.17) is 10.5 Å². The molecule has 1 fully saturated rings. The lowest BCUT2D eigenvalue weighted by atomic mass is 10.2. The summed E-state index contributed by atoms with van der Waals surface area (Å²) in [5, 5.41) is 6.67. The van der Waals surface area contributed by atoms with Crippen LogP contribution in [0.4, 0.5) is 11.5 Å². The van der Waals surface area contributed by atoms with Crippen LogP contribution in [0.1, 0.15) is 6.42 Å². The second-order valence-electron chi connectivity index (χ2n) is 3.92. The van der Waals surface area contributed by atoms with Gasteiger partial charge in [-0.2, -0.15) is 0 Å². The van der Waals surface area contributed by atoms with Crippen molar-refractivity contribution in [1.82, 2.24) is 10.3 Å². The summed E-state index contributed by atoms with van der Waals surface area (Å²) < 4.78 is 5.38. The van der Waals surface area contributed by atoms with Crippen LogP contribution in [0.15, 0.2) is 18.3 Å². The molecule has 1 aliphatic rings. The third-order valence-corrected chi connectivity index (χ3v) is 2.58. The van der Waals surface area contributed by atoms with Gasteiger partial charge in [-0.25, -0.2) is 4.98 Å². The van der Waals surface area contributed by atoms with Gasteiger partial charge in [-0.05, 0) is 18.6 Å². The van der Waals surface area contributed by atoms with Crippen LogP contribution in [0.25, 0.3) is 0 Å². The maximum absolute atomic E-state index is 5.56. The maximum Gasteiger partial charge on any atom is 0.126 e. The van der Waals surface area contributed by atoms with E-state index >= 15 is 0 Å². The van der Waals surface area contributed by atoms with Crippen LogP contribution in [-0.4, -0.2) is 37.3 Å². The molecule has 1 atom stereocenters. The number of nitrogens with one attached hydrogen (secondary N) is 2. The van der Waals surface area contributed by atoms with Crippen LogP contribution in [0.5, 0.6) is 0 Å². The molecule has 1 unspecified atom stereocenters. The molecule has 0 aliphatic carbocycles. The summed E-state index contributed by atoms with van der Waals surface area (Å²) in [6, 6.07) is 4.19. The molecule has 0 aromatic carbocycles.